The van der Waals surface area contributed by atoms with Crippen LogP contribution in [0.4, 0.5) is 0 Å². The van der Waals surface area contributed by atoms with Crippen molar-refractivity contribution in [3.8, 4) is 11.5 Å². The highest BCUT2D eigenvalue weighted by atomic mass is 35.5. The Balaban J connectivity index is 2.02. The second kappa shape index (κ2) is 6.15. The monoisotopic (exact) mass is 306 g/mol. The molecule has 2 rings (SSSR count). The summed E-state index contributed by atoms with van der Waals surface area (Å²) in [6.45, 7) is 0. The number of carbonyl (C=O) groups excluding carboxylic acids is 2. The maximum Gasteiger partial charge on any atom is 0.273 e. The van der Waals surface area contributed by atoms with Gasteiger partial charge in [-0.1, -0.05) is 17.7 Å². The van der Waals surface area contributed by atoms with Crippen molar-refractivity contribution < 1.29 is 19.8 Å². The van der Waals surface area contributed by atoms with Gasteiger partial charge in [0.05, 0.1) is 5.56 Å². The van der Waals surface area contributed by atoms with Crippen LogP contribution in [0.15, 0.2) is 42.5 Å². The summed E-state index contributed by atoms with van der Waals surface area (Å²) in [4.78, 5) is 23.6. The molecule has 2 amide bonds. The third-order valence-electron chi connectivity index (χ3n) is 2.60. The van der Waals surface area contributed by atoms with Crippen LogP contribution in [0.1, 0.15) is 20.7 Å². The van der Waals surface area contributed by atoms with Gasteiger partial charge in [-0.05, 0) is 30.3 Å². The zero-order valence-corrected chi connectivity index (χ0v) is 11.4. The average molecular weight is 307 g/mol. The van der Waals surface area contributed by atoms with Crippen molar-refractivity contribution in [3.05, 3.63) is 58.6 Å². The van der Waals surface area contributed by atoms with E-state index in [1.165, 1.54) is 24.3 Å². The van der Waals surface area contributed by atoms with Gasteiger partial charge in [0.15, 0.2) is 0 Å². The lowest BCUT2D eigenvalue weighted by atomic mass is 10.2. The molecule has 0 heterocycles. The second-order valence-corrected chi connectivity index (χ2v) is 4.56. The Morgan fingerprint density at radius 2 is 1.67 bits per heavy atom. The predicted molar refractivity (Wildman–Crippen MR) is 76.2 cm³/mol. The highest BCUT2D eigenvalue weighted by Crippen LogP contribution is 2.22. The molecular weight excluding hydrogens is 296 g/mol. The van der Waals surface area contributed by atoms with E-state index in [1.54, 1.807) is 12.1 Å². The van der Waals surface area contributed by atoms with Crippen LogP contribution in [0, 0.1) is 0 Å². The summed E-state index contributed by atoms with van der Waals surface area (Å²) in [5.41, 5.74) is 4.54. The van der Waals surface area contributed by atoms with Crippen molar-refractivity contribution in [2.24, 2.45) is 0 Å². The van der Waals surface area contributed by atoms with Crippen molar-refractivity contribution >= 4 is 23.4 Å². The van der Waals surface area contributed by atoms with Gasteiger partial charge in [-0.15, -0.1) is 0 Å². The molecule has 0 aromatic heterocycles. The smallest absolute Gasteiger partial charge is 0.273 e. The number of carbonyl (C=O) groups is 2. The SMILES string of the molecule is O=C(NNC(=O)c1ccc(O)cc1O)c1cccc(Cl)c1. The van der Waals surface area contributed by atoms with E-state index in [4.69, 9.17) is 16.7 Å². The van der Waals surface area contributed by atoms with Crippen molar-refractivity contribution in [2.75, 3.05) is 0 Å². The molecule has 0 radical (unpaired) electrons. The number of amides is 2. The molecule has 0 saturated carbocycles. The van der Waals surface area contributed by atoms with E-state index in [9.17, 15) is 14.7 Å². The van der Waals surface area contributed by atoms with Gasteiger partial charge >= 0.3 is 0 Å². The minimum atomic E-state index is -0.720. The van der Waals surface area contributed by atoms with Crippen molar-refractivity contribution in [1.82, 2.24) is 10.9 Å². The van der Waals surface area contributed by atoms with Crippen LogP contribution >= 0.6 is 11.6 Å². The van der Waals surface area contributed by atoms with Gasteiger partial charge < -0.3 is 10.2 Å². The van der Waals surface area contributed by atoms with Gasteiger partial charge in [0.2, 0.25) is 0 Å². The van der Waals surface area contributed by atoms with Gasteiger partial charge in [-0.25, -0.2) is 0 Å². The molecule has 0 fully saturated rings. The van der Waals surface area contributed by atoms with E-state index < -0.39 is 17.6 Å². The zero-order chi connectivity index (χ0) is 15.4. The molecule has 0 atom stereocenters. The molecule has 0 bridgehead atoms. The Morgan fingerprint density at radius 1 is 0.952 bits per heavy atom. The van der Waals surface area contributed by atoms with Gasteiger partial charge in [0, 0.05) is 16.7 Å². The van der Waals surface area contributed by atoms with Crippen LogP contribution in [0.2, 0.25) is 5.02 Å². The molecule has 6 nitrogen and oxygen atoms in total. The second-order valence-electron chi connectivity index (χ2n) is 4.12. The molecule has 0 aliphatic heterocycles. The number of phenolic OH excluding ortho intramolecular Hbond substituents is 2. The predicted octanol–water partition coefficient (Wildman–Crippen LogP) is 1.83. The van der Waals surface area contributed by atoms with Crippen molar-refractivity contribution in [3.63, 3.8) is 0 Å². The molecule has 0 unspecified atom stereocenters. The molecule has 2 aromatic carbocycles. The zero-order valence-electron chi connectivity index (χ0n) is 10.6. The molecule has 2 aromatic rings. The minimum absolute atomic E-state index is 0.0841. The minimum Gasteiger partial charge on any atom is -0.508 e. The highest BCUT2D eigenvalue weighted by molar-refractivity contribution is 6.30. The lowest BCUT2D eigenvalue weighted by molar-refractivity contribution is 0.0845. The number of phenols is 2. The molecule has 0 spiro atoms. The standard InChI is InChI=1S/C14H11ClN2O4/c15-9-3-1-2-8(6-9)13(20)16-17-14(21)11-5-4-10(18)7-12(11)19/h1-7,18-19H,(H,16,20)(H,17,21). The summed E-state index contributed by atoms with van der Waals surface area (Å²) < 4.78 is 0. The lowest BCUT2D eigenvalue weighted by Crippen LogP contribution is -2.41. The van der Waals surface area contributed by atoms with Gasteiger partial charge in [-0.3, -0.25) is 20.4 Å². The maximum absolute atomic E-state index is 11.8. The van der Waals surface area contributed by atoms with Gasteiger partial charge in [0.1, 0.15) is 11.5 Å². The van der Waals surface area contributed by atoms with Crippen LogP contribution < -0.4 is 10.9 Å². The maximum atomic E-state index is 11.8. The topological polar surface area (TPSA) is 98.7 Å². The van der Waals surface area contributed by atoms with E-state index in [2.05, 4.69) is 10.9 Å². The Kier molecular flexibility index (Phi) is 4.30. The molecule has 7 heteroatoms. The number of benzene rings is 2. The summed E-state index contributed by atoms with van der Waals surface area (Å²) in [5, 5.41) is 19.1. The summed E-state index contributed by atoms with van der Waals surface area (Å²) in [7, 11) is 0. The Hall–Kier alpha value is -2.73. The fourth-order valence-corrected chi connectivity index (χ4v) is 1.79. The van der Waals surface area contributed by atoms with Crippen molar-refractivity contribution in [1.29, 1.82) is 0 Å². The Bertz CT molecular complexity index is 703. The summed E-state index contributed by atoms with van der Waals surface area (Å²) in [5.74, 6) is -1.84. The number of hydrogen-bond acceptors (Lipinski definition) is 4. The molecule has 21 heavy (non-hydrogen) atoms. The quantitative estimate of drug-likeness (QED) is 0.636. The summed E-state index contributed by atoms with van der Waals surface area (Å²) >= 11 is 5.76. The molecule has 4 N–H and O–H groups in total. The lowest BCUT2D eigenvalue weighted by Gasteiger charge is -2.09. The summed E-state index contributed by atoms with van der Waals surface area (Å²) in [6, 6.07) is 9.69. The van der Waals surface area contributed by atoms with Gasteiger partial charge in [-0.2, -0.15) is 0 Å². The molecule has 108 valence electrons. The largest absolute Gasteiger partial charge is 0.508 e. The van der Waals surface area contributed by atoms with E-state index in [0.717, 1.165) is 6.07 Å². The highest BCUT2D eigenvalue weighted by Gasteiger charge is 2.13. The van der Waals surface area contributed by atoms with Crippen LogP contribution in [-0.2, 0) is 0 Å². The van der Waals surface area contributed by atoms with E-state index in [0.29, 0.717) is 5.02 Å². The number of nitrogens with one attached hydrogen (secondary N) is 2. The normalized spacial score (nSPS) is 9.95. The summed E-state index contributed by atoms with van der Waals surface area (Å²) in [6.07, 6.45) is 0. The van der Waals surface area contributed by atoms with E-state index >= 15 is 0 Å². The first-order valence-corrected chi connectivity index (χ1v) is 6.23. The third kappa shape index (κ3) is 3.64. The third-order valence-corrected chi connectivity index (χ3v) is 2.84. The number of hydrazine groups is 1. The molecule has 0 saturated heterocycles. The fourth-order valence-electron chi connectivity index (χ4n) is 1.59. The number of rotatable bonds is 2. The van der Waals surface area contributed by atoms with Crippen LogP contribution in [0.3, 0.4) is 0 Å². The number of hydrogen-bond donors (Lipinski definition) is 4. The van der Waals surface area contributed by atoms with Crippen LogP contribution in [-0.4, -0.2) is 22.0 Å². The molecule has 0 aliphatic rings. The Morgan fingerprint density at radius 3 is 2.33 bits per heavy atom. The molecule has 0 aliphatic carbocycles. The first kappa shape index (κ1) is 14.7. The van der Waals surface area contributed by atoms with Crippen LogP contribution in [0.25, 0.3) is 0 Å². The van der Waals surface area contributed by atoms with E-state index in [1.807, 2.05) is 0 Å². The number of aromatic hydroxyl groups is 2. The fraction of sp³-hybridized carbons (Fsp3) is 0. The van der Waals surface area contributed by atoms with Crippen LogP contribution in [0.5, 0.6) is 11.5 Å². The average Bonchev–Trinajstić information content (AvgIpc) is 2.44. The van der Waals surface area contributed by atoms with Crippen molar-refractivity contribution in [2.45, 2.75) is 0 Å². The first-order valence-electron chi connectivity index (χ1n) is 5.85. The Labute approximate surface area is 125 Å². The van der Waals surface area contributed by atoms with Gasteiger partial charge in [0.25, 0.3) is 11.8 Å². The van der Waals surface area contributed by atoms with E-state index in [-0.39, 0.29) is 16.9 Å². The first-order chi connectivity index (χ1) is 9.97. The number of halogens is 1. The molecular formula is C14H11ClN2O4.